The summed E-state index contributed by atoms with van der Waals surface area (Å²) in [6.45, 7) is 3.12. The van der Waals surface area contributed by atoms with Crippen LogP contribution in [0, 0.1) is 0 Å². The molecule has 0 radical (unpaired) electrons. The molecule has 2 N–H and O–H groups in total. The van der Waals surface area contributed by atoms with Crippen LogP contribution in [-0.2, 0) is 13.1 Å². The van der Waals surface area contributed by atoms with Gasteiger partial charge in [0.05, 0.1) is 18.8 Å². The average molecular weight is 401 g/mol. The molecule has 1 unspecified atom stereocenters. The third-order valence-corrected chi connectivity index (χ3v) is 4.81. The molecule has 1 fully saturated rings. The number of nitrogens with one attached hydrogen (secondary N) is 2. The first-order valence-corrected chi connectivity index (χ1v) is 9.37. The molecule has 1 saturated heterocycles. The summed E-state index contributed by atoms with van der Waals surface area (Å²) in [5, 5.41) is 15.1. The first-order valence-electron chi connectivity index (χ1n) is 9.37. The Bertz CT molecular complexity index is 885. The van der Waals surface area contributed by atoms with Crippen molar-refractivity contribution in [2.45, 2.75) is 32.0 Å². The standard InChI is InChI=1S/C20H24N6O.ClH/c27-20(19-8-10-26(24-19)18-7-4-9-21-13-18)22-11-17-12-23-25(15-17)14-16-5-2-1-3-6-16;/h1-3,5-6,8,10,12,15,18,21H,4,7,9,11,13-14H2,(H,22,27);1H. The number of piperidine rings is 1. The van der Waals surface area contributed by atoms with E-state index in [9.17, 15) is 4.79 Å². The van der Waals surface area contributed by atoms with Crippen molar-refractivity contribution in [2.75, 3.05) is 13.1 Å². The van der Waals surface area contributed by atoms with Gasteiger partial charge in [0.2, 0.25) is 0 Å². The second-order valence-corrected chi connectivity index (χ2v) is 6.90. The summed E-state index contributed by atoms with van der Waals surface area (Å²) in [7, 11) is 0. The van der Waals surface area contributed by atoms with Gasteiger partial charge in [0, 0.05) is 31.0 Å². The van der Waals surface area contributed by atoms with Gasteiger partial charge in [-0.1, -0.05) is 30.3 Å². The van der Waals surface area contributed by atoms with Crippen LogP contribution in [0.2, 0.25) is 0 Å². The molecule has 8 heteroatoms. The van der Waals surface area contributed by atoms with Crippen molar-refractivity contribution in [3.8, 4) is 0 Å². The van der Waals surface area contributed by atoms with Crippen LogP contribution >= 0.6 is 12.4 Å². The molecule has 7 nitrogen and oxygen atoms in total. The van der Waals surface area contributed by atoms with Crippen molar-refractivity contribution < 1.29 is 4.79 Å². The Morgan fingerprint density at radius 3 is 2.86 bits per heavy atom. The Balaban J connectivity index is 0.00000225. The number of hydrogen-bond acceptors (Lipinski definition) is 4. The van der Waals surface area contributed by atoms with E-state index in [1.807, 2.05) is 40.0 Å². The van der Waals surface area contributed by atoms with Gasteiger partial charge >= 0.3 is 0 Å². The molecule has 0 aliphatic carbocycles. The number of rotatable bonds is 6. The van der Waals surface area contributed by atoms with Crippen LogP contribution in [0.1, 0.15) is 40.5 Å². The zero-order valence-corrected chi connectivity index (χ0v) is 16.4. The number of halogens is 1. The van der Waals surface area contributed by atoms with E-state index in [1.54, 1.807) is 12.3 Å². The lowest BCUT2D eigenvalue weighted by atomic mass is 10.1. The number of carbonyl (C=O) groups is 1. The Labute approximate surface area is 170 Å². The molecule has 3 heterocycles. The van der Waals surface area contributed by atoms with Gasteiger partial charge in [-0.25, -0.2) is 0 Å². The predicted molar refractivity (Wildman–Crippen MR) is 110 cm³/mol. The van der Waals surface area contributed by atoms with E-state index >= 15 is 0 Å². The SMILES string of the molecule is Cl.O=C(NCc1cnn(Cc2ccccc2)c1)c1ccn(C2CCCNC2)n1. The summed E-state index contributed by atoms with van der Waals surface area (Å²) in [6.07, 6.45) is 7.87. The number of aromatic nitrogens is 4. The highest BCUT2D eigenvalue weighted by Crippen LogP contribution is 2.15. The fraction of sp³-hybridized carbons (Fsp3) is 0.350. The van der Waals surface area contributed by atoms with Gasteiger partial charge < -0.3 is 10.6 Å². The predicted octanol–water partition coefficient (Wildman–Crippen LogP) is 2.40. The molecule has 1 atom stereocenters. The highest BCUT2D eigenvalue weighted by molar-refractivity contribution is 5.92. The summed E-state index contributed by atoms with van der Waals surface area (Å²) >= 11 is 0. The zero-order valence-electron chi connectivity index (χ0n) is 15.6. The van der Waals surface area contributed by atoms with Gasteiger partial charge in [0.25, 0.3) is 5.91 Å². The molecule has 1 aliphatic heterocycles. The summed E-state index contributed by atoms with van der Waals surface area (Å²) in [5.41, 5.74) is 2.62. The van der Waals surface area contributed by atoms with Crippen molar-refractivity contribution in [3.05, 3.63) is 71.8 Å². The maximum atomic E-state index is 12.4. The van der Waals surface area contributed by atoms with E-state index in [-0.39, 0.29) is 18.3 Å². The maximum absolute atomic E-state index is 12.4. The molecular weight excluding hydrogens is 376 g/mol. The maximum Gasteiger partial charge on any atom is 0.272 e. The molecule has 2 aromatic heterocycles. The molecule has 28 heavy (non-hydrogen) atoms. The zero-order chi connectivity index (χ0) is 18.5. The number of benzene rings is 1. The summed E-state index contributed by atoms with van der Waals surface area (Å²) in [6, 6.07) is 12.3. The van der Waals surface area contributed by atoms with Gasteiger partial charge in [-0.05, 0) is 31.0 Å². The molecule has 4 rings (SSSR count). The average Bonchev–Trinajstić information content (AvgIpc) is 3.37. The molecule has 0 spiro atoms. The fourth-order valence-corrected chi connectivity index (χ4v) is 3.35. The Hall–Kier alpha value is -2.64. The van der Waals surface area contributed by atoms with Crippen molar-refractivity contribution in [1.29, 1.82) is 0 Å². The number of carbonyl (C=O) groups excluding carboxylic acids is 1. The molecule has 1 amide bonds. The number of nitrogens with zero attached hydrogens (tertiary/aromatic N) is 4. The molecule has 0 bridgehead atoms. The molecule has 0 saturated carbocycles. The minimum absolute atomic E-state index is 0. The Morgan fingerprint density at radius 2 is 2.07 bits per heavy atom. The van der Waals surface area contributed by atoms with E-state index in [0.29, 0.717) is 24.8 Å². The monoisotopic (exact) mass is 400 g/mol. The quantitative estimate of drug-likeness (QED) is 0.666. The number of amides is 1. The van der Waals surface area contributed by atoms with Gasteiger partial charge in [-0.15, -0.1) is 12.4 Å². The first kappa shape index (κ1) is 20.1. The second kappa shape index (κ2) is 9.52. The van der Waals surface area contributed by atoms with E-state index in [1.165, 1.54) is 5.56 Å². The van der Waals surface area contributed by atoms with Gasteiger partial charge in [0.1, 0.15) is 5.69 Å². The third-order valence-electron chi connectivity index (χ3n) is 4.81. The van der Waals surface area contributed by atoms with Gasteiger partial charge in [-0.3, -0.25) is 14.2 Å². The highest BCUT2D eigenvalue weighted by Gasteiger charge is 2.17. The van der Waals surface area contributed by atoms with Gasteiger partial charge in [0.15, 0.2) is 0 Å². The van der Waals surface area contributed by atoms with Crippen LogP contribution in [-0.4, -0.2) is 38.6 Å². The fourth-order valence-electron chi connectivity index (χ4n) is 3.35. The summed E-state index contributed by atoms with van der Waals surface area (Å²) < 4.78 is 3.78. The van der Waals surface area contributed by atoms with E-state index < -0.39 is 0 Å². The van der Waals surface area contributed by atoms with E-state index in [4.69, 9.17) is 0 Å². The minimum atomic E-state index is -0.159. The molecular formula is C20H25ClN6O. The van der Waals surface area contributed by atoms with Crippen molar-refractivity contribution in [2.24, 2.45) is 0 Å². The molecule has 3 aromatic rings. The largest absolute Gasteiger partial charge is 0.346 e. The highest BCUT2D eigenvalue weighted by atomic mass is 35.5. The van der Waals surface area contributed by atoms with Crippen LogP contribution in [0.4, 0.5) is 0 Å². The van der Waals surface area contributed by atoms with E-state index in [2.05, 4.69) is 33.0 Å². The van der Waals surface area contributed by atoms with Crippen LogP contribution in [0.5, 0.6) is 0 Å². The van der Waals surface area contributed by atoms with Gasteiger partial charge in [-0.2, -0.15) is 10.2 Å². The van der Waals surface area contributed by atoms with Crippen molar-refractivity contribution >= 4 is 18.3 Å². The van der Waals surface area contributed by atoms with Crippen LogP contribution in [0.25, 0.3) is 0 Å². The smallest absolute Gasteiger partial charge is 0.272 e. The minimum Gasteiger partial charge on any atom is -0.346 e. The lowest BCUT2D eigenvalue weighted by Crippen LogP contribution is -2.32. The number of hydrogen-bond donors (Lipinski definition) is 2. The lowest BCUT2D eigenvalue weighted by molar-refractivity contribution is 0.0944. The topological polar surface area (TPSA) is 76.8 Å². The second-order valence-electron chi connectivity index (χ2n) is 6.90. The Morgan fingerprint density at radius 1 is 1.21 bits per heavy atom. The lowest BCUT2D eigenvalue weighted by Gasteiger charge is -2.22. The Kier molecular flexibility index (Phi) is 6.84. The normalized spacial score (nSPS) is 16.4. The summed E-state index contributed by atoms with van der Waals surface area (Å²) in [4.78, 5) is 12.4. The third kappa shape index (κ3) is 4.99. The molecule has 148 valence electrons. The van der Waals surface area contributed by atoms with Crippen molar-refractivity contribution in [1.82, 2.24) is 30.2 Å². The molecule has 1 aromatic carbocycles. The van der Waals surface area contributed by atoms with Crippen molar-refractivity contribution in [3.63, 3.8) is 0 Å². The first-order chi connectivity index (χ1) is 13.3. The molecule has 1 aliphatic rings. The van der Waals surface area contributed by atoms with Crippen LogP contribution in [0.15, 0.2) is 55.0 Å². The van der Waals surface area contributed by atoms with E-state index in [0.717, 1.165) is 31.5 Å². The summed E-state index contributed by atoms with van der Waals surface area (Å²) in [5.74, 6) is -0.159. The van der Waals surface area contributed by atoms with Crippen LogP contribution in [0.3, 0.4) is 0 Å². The van der Waals surface area contributed by atoms with Crippen LogP contribution < -0.4 is 10.6 Å².